The SMILES string of the molecule is COc1cc(CN(C)Cc2nnc(SCc3ccncc3)n2-c2cccc(Cl)c2)cc(OC)c1. The van der Waals surface area contributed by atoms with Crippen LogP contribution in [0.15, 0.2) is 72.1 Å². The van der Waals surface area contributed by atoms with Gasteiger partial charge in [-0.05, 0) is 60.6 Å². The molecule has 176 valence electrons. The fraction of sp³-hybridized carbons (Fsp3) is 0.240. The molecule has 9 heteroatoms. The van der Waals surface area contributed by atoms with Crippen LogP contribution in [0.5, 0.6) is 11.5 Å². The minimum absolute atomic E-state index is 0.592. The van der Waals surface area contributed by atoms with Crippen LogP contribution in [0.2, 0.25) is 5.02 Å². The molecule has 0 aliphatic heterocycles. The standard InChI is InChI=1S/C25H26ClN5O2S/c1-30(15-19-11-22(32-2)14-23(12-19)33-3)16-24-28-29-25(34-17-18-7-9-27-10-8-18)31(24)21-6-4-5-20(26)13-21/h4-14H,15-17H2,1-3H3. The summed E-state index contributed by atoms with van der Waals surface area (Å²) >= 11 is 7.94. The summed E-state index contributed by atoms with van der Waals surface area (Å²) in [6, 6.07) is 17.6. The van der Waals surface area contributed by atoms with Gasteiger partial charge in [-0.15, -0.1) is 10.2 Å². The van der Waals surface area contributed by atoms with E-state index in [1.54, 1.807) is 38.4 Å². The Kier molecular flexibility index (Phi) is 8.05. The lowest BCUT2D eigenvalue weighted by Crippen LogP contribution is -2.20. The molecule has 0 radical (unpaired) electrons. The third-order valence-electron chi connectivity index (χ3n) is 5.16. The van der Waals surface area contributed by atoms with Gasteiger partial charge in [0.1, 0.15) is 11.5 Å². The number of ether oxygens (including phenoxy) is 2. The van der Waals surface area contributed by atoms with Gasteiger partial charge in [0.25, 0.3) is 0 Å². The lowest BCUT2D eigenvalue weighted by molar-refractivity contribution is 0.306. The maximum atomic E-state index is 6.31. The molecule has 0 aliphatic carbocycles. The number of aromatic nitrogens is 4. The Bertz CT molecular complexity index is 1210. The largest absolute Gasteiger partial charge is 0.497 e. The quantitative estimate of drug-likeness (QED) is 0.278. The van der Waals surface area contributed by atoms with Gasteiger partial charge >= 0.3 is 0 Å². The van der Waals surface area contributed by atoms with Gasteiger partial charge in [0.05, 0.1) is 26.5 Å². The summed E-state index contributed by atoms with van der Waals surface area (Å²) in [5.74, 6) is 3.12. The number of halogens is 1. The van der Waals surface area contributed by atoms with Crippen LogP contribution < -0.4 is 9.47 Å². The molecule has 0 atom stereocenters. The Morgan fingerprint density at radius 1 is 0.912 bits per heavy atom. The highest BCUT2D eigenvalue weighted by Crippen LogP contribution is 2.28. The molecule has 0 unspecified atom stereocenters. The van der Waals surface area contributed by atoms with Gasteiger partial charge in [-0.25, -0.2) is 0 Å². The van der Waals surface area contributed by atoms with Crippen LogP contribution >= 0.6 is 23.4 Å². The Hall–Kier alpha value is -3.07. The fourth-order valence-electron chi connectivity index (χ4n) is 3.56. The predicted octanol–water partition coefficient (Wildman–Crippen LogP) is 5.26. The smallest absolute Gasteiger partial charge is 0.196 e. The van der Waals surface area contributed by atoms with E-state index in [1.165, 1.54) is 5.56 Å². The second kappa shape index (κ2) is 11.4. The van der Waals surface area contributed by atoms with Crippen LogP contribution in [0.1, 0.15) is 17.0 Å². The van der Waals surface area contributed by atoms with E-state index < -0.39 is 0 Å². The topological polar surface area (TPSA) is 65.3 Å². The summed E-state index contributed by atoms with van der Waals surface area (Å²) < 4.78 is 12.9. The van der Waals surface area contributed by atoms with E-state index in [2.05, 4.69) is 24.6 Å². The van der Waals surface area contributed by atoms with Gasteiger partial charge in [-0.1, -0.05) is 29.4 Å². The van der Waals surface area contributed by atoms with Crippen LogP contribution in [0.25, 0.3) is 5.69 Å². The van der Waals surface area contributed by atoms with Crippen molar-refractivity contribution in [1.82, 2.24) is 24.6 Å². The molecule has 0 spiro atoms. The van der Waals surface area contributed by atoms with Crippen molar-refractivity contribution in [3.8, 4) is 17.2 Å². The van der Waals surface area contributed by atoms with Crippen LogP contribution in [0, 0.1) is 0 Å². The van der Waals surface area contributed by atoms with E-state index in [1.807, 2.05) is 61.6 Å². The second-order valence-corrected chi connectivity index (χ2v) is 9.13. The van der Waals surface area contributed by atoms with Crippen LogP contribution in [-0.2, 0) is 18.8 Å². The minimum atomic E-state index is 0.592. The molecular formula is C25H26ClN5O2S. The summed E-state index contributed by atoms with van der Waals surface area (Å²) in [6.07, 6.45) is 3.59. The van der Waals surface area contributed by atoms with Crippen LogP contribution in [0.3, 0.4) is 0 Å². The third-order valence-corrected chi connectivity index (χ3v) is 6.39. The summed E-state index contributed by atoms with van der Waals surface area (Å²) in [5.41, 5.74) is 3.19. The first kappa shape index (κ1) is 24.1. The molecule has 2 heterocycles. The van der Waals surface area contributed by atoms with Crippen molar-refractivity contribution < 1.29 is 9.47 Å². The molecule has 7 nitrogen and oxygen atoms in total. The molecule has 4 aromatic rings. The third kappa shape index (κ3) is 6.08. The average molecular weight is 496 g/mol. The molecule has 0 fully saturated rings. The number of thioether (sulfide) groups is 1. The van der Waals surface area contributed by atoms with Gasteiger partial charge in [-0.3, -0.25) is 14.5 Å². The molecule has 0 saturated heterocycles. The Morgan fingerprint density at radius 2 is 1.65 bits per heavy atom. The monoisotopic (exact) mass is 495 g/mol. The van der Waals surface area contributed by atoms with Crippen molar-refractivity contribution in [1.29, 1.82) is 0 Å². The first-order chi connectivity index (χ1) is 16.6. The van der Waals surface area contributed by atoms with Crippen molar-refractivity contribution in [3.63, 3.8) is 0 Å². The van der Waals surface area contributed by atoms with E-state index in [-0.39, 0.29) is 0 Å². The van der Waals surface area contributed by atoms with E-state index in [9.17, 15) is 0 Å². The zero-order valence-electron chi connectivity index (χ0n) is 19.3. The molecule has 0 amide bonds. The number of benzene rings is 2. The highest BCUT2D eigenvalue weighted by Gasteiger charge is 2.17. The normalized spacial score (nSPS) is 11.1. The Labute approximate surface area is 208 Å². The van der Waals surface area contributed by atoms with Gasteiger partial charge in [0.15, 0.2) is 11.0 Å². The van der Waals surface area contributed by atoms with Crippen molar-refractivity contribution in [2.75, 3.05) is 21.3 Å². The van der Waals surface area contributed by atoms with E-state index in [4.69, 9.17) is 21.1 Å². The lowest BCUT2D eigenvalue weighted by Gasteiger charge is -2.18. The molecule has 0 N–H and O–H groups in total. The summed E-state index contributed by atoms with van der Waals surface area (Å²) in [7, 11) is 5.36. The molecule has 0 aliphatic rings. The zero-order valence-corrected chi connectivity index (χ0v) is 20.9. The Morgan fingerprint density at radius 3 is 2.32 bits per heavy atom. The van der Waals surface area contributed by atoms with E-state index in [0.717, 1.165) is 39.5 Å². The predicted molar refractivity (Wildman–Crippen MR) is 135 cm³/mol. The van der Waals surface area contributed by atoms with Crippen molar-refractivity contribution in [3.05, 3.63) is 89.0 Å². The molecule has 2 aromatic carbocycles. The zero-order chi connectivity index (χ0) is 23.9. The highest BCUT2D eigenvalue weighted by atomic mass is 35.5. The van der Waals surface area contributed by atoms with Gasteiger partial charge in [0, 0.05) is 35.8 Å². The van der Waals surface area contributed by atoms with Crippen LogP contribution in [0.4, 0.5) is 0 Å². The maximum Gasteiger partial charge on any atom is 0.196 e. The molecule has 0 bridgehead atoms. The number of methoxy groups -OCH3 is 2. The fourth-order valence-corrected chi connectivity index (χ4v) is 4.68. The Balaban J connectivity index is 1.58. The van der Waals surface area contributed by atoms with E-state index in [0.29, 0.717) is 18.1 Å². The van der Waals surface area contributed by atoms with Crippen LogP contribution in [-0.4, -0.2) is 45.9 Å². The first-order valence-electron chi connectivity index (χ1n) is 10.7. The van der Waals surface area contributed by atoms with Gasteiger partial charge in [0.2, 0.25) is 0 Å². The number of hydrogen-bond donors (Lipinski definition) is 0. The number of pyridine rings is 1. The van der Waals surface area contributed by atoms with E-state index >= 15 is 0 Å². The number of hydrogen-bond acceptors (Lipinski definition) is 7. The van der Waals surface area contributed by atoms with Crippen molar-refractivity contribution in [2.24, 2.45) is 0 Å². The van der Waals surface area contributed by atoms with Crippen molar-refractivity contribution in [2.45, 2.75) is 24.0 Å². The molecular weight excluding hydrogens is 470 g/mol. The average Bonchev–Trinajstić information content (AvgIpc) is 3.25. The molecule has 34 heavy (non-hydrogen) atoms. The lowest BCUT2D eigenvalue weighted by atomic mass is 10.2. The van der Waals surface area contributed by atoms with Gasteiger partial charge < -0.3 is 9.47 Å². The number of rotatable bonds is 10. The highest BCUT2D eigenvalue weighted by molar-refractivity contribution is 7.98. The first-order valence-corrected chi connectivity index (χ1v) is 12.0. The minimum Gasteiger partial charge on any atom is -0.497 e. The molecule has 4 rings (SSSR count). The number of nitrogens with zero attached hydrogens (tertiary/aromatic N) is 5. The molecule has 2 aromatic heterocycles. The second-order valence-electron chi connectivity index (χ2n) is 7.75. The molecule has 0 saturated carbocycles. The summed E-state index contributed by atoms with van der Waals surface area (Å²) in [6.45, 7) is 1.28. The summed E-state index contributed by atoms with van der Waals surface area (Å²) in [4.78, 5) is 6.27. The van der Waals surface area contributed by atoms with Gasteiger partial charge in [-0.2, -0.15) is 0 Å². The summed E-state index contributed by atoms with van der Waals surface area (Å²) in [5, 5.41) is 10.5. The maximum absolute atomic E-state index is 6.31. The van der Waals surface area contributed by atoms with Crippen molar-refractivity contribution >= 4 is 23.4 Å².